The van der Waals surface area contributed by atoms with E-state index in [1.54, 1.807) is 11.0 Å². The number of carbonyl (C=O) groups is 1. The maximum atomic E-state index is 13.6. The van der Waals surface area contributed by atoms with Crippen LogP contribution in [0.5, 0.6) is 5.75 Å². The van der Waals surface area contributed by atoms with Crippen LogP contribution in [0.25, 0.3) is 0 Å². The smallest absolute Gasteiger partial charge is 0.257 e. The van der Waals surface area contributed by atoms with E-state index in [2.05, 4.69) is 4.72 Å². The van der Waals surface area contributed by atoms with Crippen molar-refractivity contribution >= 4 is 15.9 Å². The molecule has 1 amide bonds. The molecule has 0 aliphatic carbocycles. The highest BCUT2D eigenvalue weighted by Gasteiger charge is 2.27. The van der Waals surface area contributed by atoms with Crippen molar-refractivity contribution in [2.75, 3.05) is 20.2 Å². The summed E-state index contributed by atoms with van der Waals surface area (Å²) in [4.78, 5) is 15.0. The molecule has 0 aromatic heterocycles. The zero-order valence-corrected chi connectivity index (χ0v) is 20.3. The Morgan fingerprint density at radius 1 is 0.941 bits per heavy atom. The van der Waals surface area contributed by atoms with Gasteiger partial charge in [-0.05, 0) is 61.1 Å². The summed E-state index contributed by atoms with van der Waals surface area (Å²) in [6.45, 7) is 3.30. The minimum Gasteiger partial charge on any atom is -0.496 e. The third kappa shape index (κ3) is 5.16. The van der Waals surface area contributed by atoms with Crippen molar-refractivity contribution in [1.29, 1.82) is 0 Å². The Balaban J connectivity index is 1.71. The van der Waals surface area contributed by atoms with Gasteiger partial charge in [0.1, 0.15) is 5.75 Å². The monoisotopic (exact) mass is 478 g/mol. The van der Waals surface area contributed by atoms with Gasteiger partial charge < -0.3 is 9.64 Å². The van der Waals surface area contributed by atoms with Crippen LogP contribution in [0.4, 0.5) is 0 Å². The number of amides is 1. The normalized spacial score (nSPS) is 15.1. The van der Waals surface area contributed by atoms with Crippen molar-refractivity contribution in [2.45, 2.75) is 37.1 Å². The first kappa shape index (κ1) is 24.0. The zero-order valence-electron chi connectivity index (χ0n) is 19.5. The number of rotatable bonds is 7. The number of piperidine rings is 1. The number of methoxy groups -OCH3 is 1. The average Bonchev–Trinajstić information content (AvgIpc) is 2.88. The van der Waals surface area contributed by atoms with Crippen LogP contribution in [0, 0.1) is 6.92 Å². The van der Waals surface area contributed by atoms with Gasteiger partial charge in [-0.2, -0.15) is 4.72 Å². The van der Waals surface area contributed by atoms with Crippen LogP contribution >= 0.6 is 0 Å². The highest BCUT2D eigenvalue weighted by Crippen LogP contribution is 2.29. The van der Waals surface area contributed by atoms with Crippen LogP contribution in [0.1, 0.15) is 52.4 Å². The summed E-state index contributed by atoms with van der Waals surface area (Å²) < 4.78 is 35.4. The molecule has 0 spiro atoms. The second kappa shape index (κ2) is 10.4. The van der Waals surface area contributed by atoms with Crippen molar-refractivity contribution in [1.82, 2.24) is 9.62 Å². The number of nitrogens with zero attached hydrogens (tertiary/aromatic N) is 1. The van der Waals surface area contributed by atoms with E-state index in [1.165, 1.54) is 19.2 Å². The maximum Gasteiger partial charge on any atom is 0.257 e. The molecule has 1 aliphatic rings. The lowest BCUT2D eigenvalue weighted by atomic mass is 9.96. The van der Waals surface area contributed by atoms with Crippen molar-refractivity contribution in [3.8, 4) is 5.75 Å². The molecule has 1 saturated heterocycles. The predicted octanol–water partition coefficient (Wildman–Crippen LogP) is 4.70. The second-order valence-electron chi connectivity index (χ2n) is 8.54. The fourth-order valence-electron chi connectivity index (χ4n) is 4.38. The van der Waals surface area contributed by atoms with E-state index in [0.717, 1.165) is 36.0 Å². The van der Waals surface area contributed by atoms with Crippen molar-refractivity contribution in [2.24, 2.45) is 0 Å². The third-order valence-corrected chi connectivity index (χ3v) is 7.68. The van der Waals surface area contributed by atoms with Gasteiger partial charge in [0, 0.05) is 13.1 Å². The van der Waals surface area contributed by atoms with Gasteiger partial charge in [0.2, 0.25) is 10.0 Å². The summed E-state index contributed by atoms with van der Waals surface area (Å²) in [5.74, 6) is 0.167. The summed E-state index contributed by atoms with van der Waals surface area (Å²) in [5.41, 5.74) is 2.95. The van der Waals surface area contributed by atoms with Gasteiger partial charge in [-0.1, -0.05) is 54.6 Å². The lowest BCUT2D eigenvalue weighted by molar-refractivity contribution is 0.0720. The third-order valence-electron chi connectivity index (χ3n) is 6.26. The van der Waals surface area contributed by atoms with Crippen LogP contribution in [-0.2, 0) is 10.0 Å². The van der Waals surface area contributed by atoms with Crippen LogP contribution < -0.4 is 9.46 Å². The number of nitrogens with one attached hydrogen (secondary N) is 1. The molecular weight excluding hydrogens is 448 g/mol. The largest absolute Gasteiger partial charge is 0.496 e. The molecule has 1 atom stereocenters. The van der Waals surface area contributed by atoms with E-state index in [-0.39, 0.29) is 16.4 Å². The fourth-order valence-corrected chi connectivity index (χ4v) is 5.61. The second-order valence-corrected chi connectivity index (χ2v) is 10.3. The van der Waals surface area contributed by atoms with Gasteiger partial charge in [0.15, 0.2) is 0 Å². The summed E-state index contributed by atoms with van der Waals surface area (Å²) in [7, 11) is -2.48. The van der Waals surface area contributed by atoms with Gasteiger partial charge in [-0.25, -0.2) is 8.42 Å². The fraction of sp³-hybridized carbons (Fsp3) is 0.296. The molecule has 0 radical (unpaired) electrons. The van der Waals surface area contributed by atoms with E-state index in [9.17, 15) is 13.2 Å². The van der Waals surface area contributed by atoms with Crippen molar-refractivity contribution < 1.29 is 17.9 Å². The molecule has 1 N–H and O–H groups in total. The molecule has 1 unspecified atom stereocenters. The molecule has 6 nitrogen and oxygen atoms in total. The number of aryl methyl sites for hydroxylation is 1. The first-order chi connectivity index (χ1) is 16.4. The summed E-state index contributed by atoms with van der Waals surface area (Å²) >= 11 is 0. The molecule has 1 aliphatic heterocycles. The van der Waals surface area contributed by atoms with Crippen LogP contribution in [0.3, 0.4) is 0 Å². The quantitative estimate of drug-likeness (QED) is 0.534. The number of carbonyl (C=O) groups excluding carboxylic acids is 1. The van der Waals surface area contributed by atoms with Crippen molar-refractivity contribution in [3.63, 3.8) is 0 Å². The highest BCUT2D eigenvalue weighted by atomic mass is 32.2. The minimum absolute atomic E-state index is 0.0307. The molecule has 178 valence electrons. The number of ether oxygens (including phenoxy) is 1. The van der Waals surface area contributed by atoms with Crippen LogP contribution in [0.15, 0.2) is 77.7 Å². The Kier molecular flexibility index (Phi) is 7.34. The number of hydrogen-bond acceptors (Lipinski definition) is 4. The molecule has 0 saturated carbocycles. The molecule has 1 heterocycles. The molecule has 0 bridgehead atoms. The predicted molar refractivity (Wildman–Crippen MR) is 133 cm³/mol. The Labute approximate surface area is 201 Å². The average molecular weight is 479 g/mol. The maximum absolute atomic E-state index is 13.6. The molecule has 4 rings (SSSR count). The summed E-state index contributed by atoms with van der Waals surface area (Å²) in [6, 6.07) is 21.1. The van der Waals surface area contributed by atoms with Crippen molar-refractivity contribution in [3.05, 3.63) is 95.1 Å². The molecule has 34 heavy (non-hydrogen) atoms. The lowest BCUT2D eigenvalue weighted by Gasteiger charge is -2.27. The number of sulfonamides is 1. The van der Waals surface area contributed by atoms with E-state index in [4.69, 9.17) is 4.74 Å². The molecule has 1 fully saturated rings. The first-order valence-corrected chi connectivity index (χ1v) is 13.0. The van der Waals surface area contributed by atoms with Gasteiger partial charge in [0.25, 0.3) is 5.91 Å². The molecular formula is C27H30N2O4S. The van der Waals surface area contributed by atoms with E-state index < -0.39 is 16.1 Å². The Bertz CT molecular complexity index is 1250. The van der Waals surface area contributed by atoms with Crippen LogP contribution in [0.2, 0.25) is 0 Å². The Morgan fingerprint density at radius 2 is 1.62 bits per heavy atom. The summed E-state index contributed by atoms with van der Waals surface area (Å²) in [5, 5.41) is 0. The Morgan fingerprint density at radius 3 is 2.29 bits per heavy atom. The lowest BCUT2D eigenvalue weighted by Crippen LogP contribution is -2.36. The molecule has 3 aromatic carbocycles. The first-order valence-electron chi connectivity index (χ1n) is 11.5. The van der Waals surface area contributed by atoms with Gasteiger partial charge in [0.05, 0.1) is 23.6 Å². The topological polar surface area (TPSA) is 75.7 Å². The van der Waals surface area contributed by atoms with Gasteiger partial charge in [-0.15, -0.1) is 0 Å². The Hall–Kier alpha value is -3.16. The van der Waals surface area contributed by atoms with E-state index in [0.29, 0.717) is 18.8 Å². The highest BCUT2D eigenvalue weighted by molar-refractivity contribution is 7.89. The minimum atomic E-state index is -3.96. The summed E-state index contributed by atoms with van der Waals surface area (Å²) in [6.07, 6.45) is 2.99. The van der Waals surface area contributed by atoms with Crippen LogP contribution in [-0.4, -0.2) is 39.4 Å². The standard InChI is InChI=1S/C27H30N2O4S/c1-20-11-7-8-14-23(20)26(21-12-5-3-6-13-21)28-34(31,32)22-15-16-25(33-2)24(19-22)27(30)29-17-9-4-10-18-29/h3,5-8,11-16,19,26,28H,4,9-10,17-18H2,1-2H3. The van der Waals surface area contributed by atoms with E-state index in [1.807, 2.05) is 61.5 Å². The van der Waals surface area contributed by atoms with Gasteiger partial charge in [-0.3, -0.25) is 4.79 Å². The SMILES string of the molecule is COc1ccc(S(=O)(=O)NC(c2ccccc2)c2ccccc2C)cc1C(=O)N1CCCCC1. The number of benzene rings is 3. The molecule has 7 heteroatoms. The number of likely N-dealkylation sites (tertiary alicyclic amines) is 1. The number of hydrogen-bond donors (Lipinski definition) is 1. The van der Waals surface area contributed by atoms with Gasteiger partial charge >= 0.3 is 0 Å². The zero-order chi connectivity index (χ0) is 24.1. The molecule has 3 aromatic rings. The van der Waals surface area contributed by atoms with E-state index >= 15 is 0 Å².